The molecule has 0 spiro atoms. The van der Waals surface area contributed by atoms with Crippen molar-refractivity contribution >= 4 is 17.7 Å². The van der Waals surface area contributed by atoms with Gasteiger partial charge in [-0.25, -0.2) is 13.9 Å². The first kappa shape index (κ1) is 16.0. The predicted molar refractivity (Wildman–Crippen MR) is 91.5 cm³/mol. The molecule has 0 aliphatic carbocycles. The van der Waals surface area contributed by atoms with E-state index in [1.54, 1.807) is 36.4 Å². The van der Waals surface area contributed by atoms with Crippen molar-refractivity contribution in [3.05, 3.63) is 77.7 Å². The van der Waals surface area contributed by atoms with Crippen molar-refractivity contribution in [2.75, 3.05) is 5.32 Å². The van der Waals surface area contributed by atoms with Gasteiger partial charge in [-0.05, 0) is 29.8 Å². The van der Waals surface area contributed by atoms with Crippen molar-refractivity contribution < 1.29 is 18.7 Å². The molecule has 1 aromatic heterocycles. The summed E-state index contributed by atoms with van der Waals surface area (Å²) in [6, 6.07) is 14.5. The Labute approximate surface area is 148 Å². The van der Waals surface area contributed by atoms with Gasteiger partial charge in [0.1, 0.15) is 11.6 Å². The Morgan fingerprint density at radius 1 is 1.19 bits per heavy atom. The molecule has 7 heteroatoms. The fourth-order valence-electron chi connectivity index (χ4n) is 2.90. The Morgan fingerprint density at radius 3 is 2.88 bits per heavy atom. The lowest BCUT2D eigenvalue weighted by molar-refractivity contribution is -0.125. The molecule has 26 heavy (non-hydrogen) atoms. The van der Waals surface area contributed by atoms with Crippen molar-refractivity contribution in [3.63, 3.8) is 0 Å². The number of aromatic nitrogens is 2. The average Bonchev–Trinajstić information content (AvgIpc) is 3.10. The van der Waals surface area contributed by atoms with E-state index in [0.717, 1.165) is 5.56 Å². The number of fused-ring (bicyclic) bond motifs is 1. The summed E-state index contributed by atoms with van der Waals surface area (Å²) in [4.78, 5) is 24.6. The molecule has 1 atom stereocenters. The van der Waals surface area contributed by atoms with Gasteiger partial charge < -0.3 is 10.1 Å². The average molecular weight is 351 g/mol. The smallest absolute Gasteiger partial charge is 0.339 e. The van der Waals surface area contributed by atoms with E-state index >= 15 is 0 Å². The molecule has 0 saturated heterocycles. The normalized spacial score (nSPS) is 15.9. The van der Waals surface area contributed by atoms with Crippen LogP contribution >= 0.6 is 0 Å². The number of carbonyl (C=O) groups is 2. The fourth-order valence-corrected chi connectivity index (χ4v) is 2.90. The van der Waals surface area contributed by atoms with Crippen LogP contribution in [0.5, 0.6) is 0 Å². The standard InChI is InChI=1S/C19H14FN3O3/c20-13-5-3-6-14(11-13)23-17(8-9-21-23)22-18(24)16-10-12-4-1-2-7-15(12)19(25)26-16/h1-9,11,16H,10H2,(H,22,24). The molecule has 0 radical (unpaired) electrons. The number of amides is 1. The van der Waals surface area contributed by atoms with Crippen LogP contribution in [0.25, 0.3) is 5.69 Å². The number of halogens is 1. The number of hydrogen-bond acceptors (Lipinski definition) is 4. The zero-order chi connectivity index (χ0) is 18.1. The second-order valence-corrected chi connectivity index (χ2v) is 5.85. The molecule has 0 fully saturated rings. The number of anilines is 1. The first-order valence-corrected chi connectivity index (χ1v) is 8.01. The van der Waals surface area contributed by atoms with Gasteiger partial charge in [0.05, 0.1) is 17.4 Å². The number of nitrogens with zero attached hydrogens (tertiary/aromatic N) is 2. The fraction of sp³-hybridized carbons (Fsp3) is 0.105. The molecule has 6 nitrogen and oxygen atoms in total. The quantitative estimate of drug-likeness (QED) is 0.737. The number of esters is 1. The van der Waals surface area contributed by atoms with Crippen molar-refractivity contribution in [1.82, 2.24) is 9.78 Å². The molecule has 4 rings (SSSR count). The van der Waals surface area contributed by atoms with Crippen LogP contribution in [0.3, 0.4) is 0 Å². The van der Waals surface area contributed by atoms with Crippen molar-refractivity contribution in [2.24, 2.45) is 0 Å². The van der Waals surface area contributed by atoms with E-state index in [9.17, 15) is 14.0 Å². The summed E-state index contributed by atoms with van der Waals surface area (Å²) in [5, 5.41) is 6.80. The second-order valence-electron chi connectivity index (χ2n) is 5.85. The van der Waals surface area contributed by atoms with Gasteiger partial charge >= 0.3 is 5.97 Å². The van der Waals surface area contributed by atoms with Gasteiger partial charge in [-0.15, -0.1) is 0 Å². The first-order valence-electron chi connectivity index (χ1n) is 8.01. The van der Waals surface area contributed by atoms with Gasteiger partial charge in [-0.3, -0.25) is 4.79 Å². The highest BCUT2D eigenvalue weighted by molar-refractivity contribution is 5.99. The van der Waals surface area contributed by atoms with Gasteiger partial charge in [-0.2, -0.15) is 5.10 Å². The summed E-state index contributed by atoms with van der Waals surface area (Å²) >= 11 is 0. The SMILES string of the molecule is O=C1OC(C(=O)Nc2ccnn2-c2cccc(F)c2)Cc2ccccc21. The highest BCUT2D eigenvalue weighted by Gasteiger charge is 2.31. The summed E-state index contributed by atoms with van der Waals surface area (Å²) in [6.45, 7) is 0. The Morgan fingerprint density at radius 2 is 2.04 bits per heavy atom. The maximum Gasteiger partial charge on any atom is 0.339 e. The molecular weight excluding hydrogens is 337 g/mol. The molecule has 1 aliphatic heterocycles. The number of cyclic esters (lactones) is 1. The van der Waals surface area contributed by atoms with Gasteiger partial charge in [0.15, 0.2) is 6.10 Å². The van der Waals surface area contributed by atoms with E-state index in [0.29, 0.717) is 23.5 Å². The van der Waals surface area contributed by atoms with Crippen molar-refractivity contribution in [2.45, 2.75) is 12.5 Å². The molecular formula is C19H14FN3O3. The Bertz CT molecular complexity index is 999. The predicted octanol–water partition coefficient (Wildman–Crippen LogP) is 2.73. The molecule has 130 valence electrons. The molecule has 2 heterocycles. The maximum atomic E-state index is 13.4. The monoisotopic (exact) mass is 351 g/mol. The first-order chi connectivity index (χ1) is 12.6. The van der Waals surface area contributed by atoms with Crippen molar-refractivity contribution in [1.29, 1.82) is 0 Å². The highest BCUT2D eigenvalue weighted by Crippen LogP contribution is 2.22. The highest BCUT2D eigenvalue weighted by atomic mass is 19.1. The van der Waals surface area contributed by atoms with Gasteiger partial charge in [0, 0.05) is 12.5 Å². The van der Waals surface area contributed by atoms with Crippen LogP contribution in [0.4, 0.5) is 10.2 Å². The van der Waals surface area contributed by atoms with E-state index in [1.165, 1.54) is 23.0 Å². The Kier molecular flexibility index (Phi) is 3.96. The number of rotatable bonds is 3. The number of nitrogens with one attached hydrogen (secondary N) is 1. The number of ether oxygens (including phenoxy) is 1. The summed E-state index contributed by atoms with van der Waals surface area (Å²) in [6.07, 6.45) is 0.845. The zero-order valence-corrected chi connectivity index (χ0v) is 13.6. The molecule has 1 amide bonds. The lowest BCUT2D eigenvalue weighted by Crippen LogP contribution is -2.38. The Hall–Kier alpha value is -3.48. The lowest BCUT2D eigenvalue weighted by atomic mass is 9.98. The Balaban J connectivity index is 1.55. The van der Waals surface area contributed by atoms with Gasteiger partial charge in [-0.1, -0.05) is 24.3 Å². The summed E-state index contributed by atoms with van der Waals surface area (Å²) in [5.41, 5.74) is 1.71. The molecule has 0 bridgehead atoms. The van der Waals surface area contributed by atoms with Gasteiger partial charge in [0.2, 0.25) is 0 Å². The van der Waals surface area contributed by atoms with E-state index in [1.807, 2.05) is 6.07 Å². The largest absolute Gasteiger partial charge is 0.448 e. The van der Waals surface area contributed by atoms with Crippen molar-refractivity contribution in [3.8, 4) is 5.69 Å². The zero-order valence-electron chi connectivity index (χ0n) is 13.6. The van der Waals surface area contributed by atoms with E-state index < -0.39 is 23.8 Å². The second kappa shape index (κ2) is 6.44. The minimum Gasteiger partial charge on any atom is -0.448 e. The maximum absolute atomic E-state index is 13.4. The van der Waals surface area contributed by atoms with E-state index in [2.05, 4.69) is 10.4 Å². The van der Waals surface area contributed by atoms with Crippen LogP contribution in [0, 0.1) is 5.82 Å². The van der Waals surface area contributed by atoms with Gasteiger partial charge in [0.25, 0.3) is 5.91 Å². The van der Waals surface area contributed by atoms with E-state index in [4.69, 9.17) is 4.74 Å². The van der Waals surface area contributed by atoms with Crippen LogP contribution in [0.15, 0.2) is 60.8 Å². The minimum absolute atomic E-state index is 0.294. The van der Waals surface area contributed by atoms with Crippen LogP contribution in [-0.4, -0.2) is 27.8 Å². The van der Waals surface area contributed by atoms with Crippen LogP contribution in [0.1, 0.15) is 15.9 Å². The van der Waals surface area contributed by atoms with Crippen LogP contribution < -0.4 is 5.32 Å². The third kappa shape index (κ3) is 2.95. The number of hydrogen-bond donors (Lipinski definition) is 1. The molecule has 1 aliphatic rings. The summed E-state index contributed by atoms with van der Waals surface area (Å²) < 4.78 is 20.1. The van der Waals surface area contributed by atoms with Crippen LogP contribution in [-0.2, 0) is 16.0 Å². The van der Waals surface area contributed by atoms with E-state index in [-0.39, 0.29) is 0 Å². The van der Waals surface area contributed by atoms with Crippen LogP contribution in [0.2, 0.25) is 0 Å². The number of carbonyl (C=O) groups excluding carboxylic acids is 2. The summed E-state index contributed by atoms with van der Waals surface area (Å²) in [5.74, 6) is -1.04. The minimum atomic E-state index is -0.937. The molecule has 3 aromatic rings. The third-order valence-corrected chi connectivity index (χ3v) is 4.13. The molecule has 0 saturated carbocycles. The topological polar surface area (TPSA) is 73.2 Å². The lowest BCUT2D eigenvalue weighted by Gasteiger charge is -2.23. The summed E-state index contributed by atoms with van der Waals surface area (Å²) in [7, 11) is 0. The molecule has 1 unspecified atom stereocenters. The molecule has 2 aromatic carbocycles. The third-order valence-electron chi connectivity index (χ3n) is 4.13. The molecule has 1 N–H and O–H groups in total. The number of benzene rings is 2.